The molecule has 0 saturated carbocycles. The highest BCUT2D eigenvalue weighted by molar-refractivity contribution is 7.88. The van der Waals surface area contributed by atoms with Crippen LogP contribution in [0.4, 0.5) is 4.39 Å². The van der Waals surface area contributed by atoms with Crippen LogP contribution in [0.25, 0.3) is 4.96 Å². The van der Waals surface area contributed by atoms with Gasteiger partial charge in [-0.3, -0.25) is 4.90 Å². The lowest BCUT2D eigenvalue weighted by molar-refractivity contribution is 0.156. The molecule has 2 aromatic heterocycles. The Morgan fingerprint density at radius 1 is 1.29 bits per heavy atom. The van der Waals surface area contributed by atoms with Crippen molar-refractivity contribution in [3.05, 3.63) is 45.8 Å². The van der Waals surface area contributed by atoms with Crippen molar-refractivity contribution in [3.63, 3.8) is 0 Å². The molecular formula is C16H17ClFN5O3S2. The van der Waals surface area contributed by atoms with Crippen LogP contribution >= 0.6 is 22.9 Å². The molecule has 0 bridgehead atoms. The molecule has 0 spiro atoms. The molecule has 0 amide bonds. The van der Waals surface area contributed by atoms with Crippen LogP contribution in [0.2, 0.25) is 5.02 Å². The Balaban J connectivity index is 1.75. The number of sulfonamides is 1. The summed E-state index contributed by atoms with van der Waals surface area (Å²) < 4.78 is 40.1. The van der Waals surface area contributed by atoms with E-state index in [1.54, 1.807) is 6.07 Å². The van der Waals surface area contributed by atoms with E-state index in [9.17, 15) is 17.9 Å². The fourth-order valence-corrected chi connectivity index (χ4v) is 5.48. The summed E-state index contributed by atoms with van der Waals surface area (Å²) in [6.07, 6.45) is 2.54. The third-order valence-corrected chi connectivity index (χ3v) is 7.43. The van der Waals surface area contributed by atoms with Crippen LogP contribution in [0.5, 0.6) is 5.88 Å². The van der Waals surface area contributed by atoms with Crippen LogP contribution in [-0.4, -0.2) is 69.8 Å². The molecule has 1 aliphatic rings. The quantitative estimate of drug-likeness (QED) is 0.660. The van der Waals surface area contributed by atoms with Crippen LogP contribution in [0, 0.1) is 5.82 Å². The summed E-state index contributed by atoms with van der Waals surface area (Å²) in [6, 6.07) is 3.99. The molecule has 3 aromatic rings. The highest BCUT2D eigenvalue weighted by atomic mass is 35.5. The van der Waals surface area contributed by atoms with Gasteiger partial charge in [-0.05, 0) is 17.7 Å². The predicted octanol–water partition coefficient (Wildman–Crippen LogP) is 1.96. The molecule has 1 N–H and O–H groups in total. The van der Waals surface area contributed by atoms with Gasteiger partial charge in [0.15, 0.2) is 0 Å². The van der Waals surface area contributed by atoms with Crippen LogP contribution in [0.15, 0.2) is 24.5 Å². The highest BCUT2D eigenvalue weighted by Crippen LogP contribution is 2.40. The van der Waals surface area contributed by atoms with E-state index in [0.29, 0.717) is 41.6 Å². The number of aromatic nitrogens is 3. The molecule has 0 radical (unpaired) electrons. The number of thiazole rings is 1. The first-order valence-corrected chi connectivity index (χ1v) is 11.5. The zero-order valence-electron chi connectivity index (χ0n) is 14.8. The molecule has 0 aliphatic carbocycles. The van der Waals surface area contributed by atoms with Crippen molar-refractivity contribution in [2.24, 2.45) is 0 Å². The SMILES string of the molecule is CS(=O)(=O)N1CCN([C@@H](c2ccc(F)c(Cl)c2)c2sc3ncnn3c2O)CC1. The second-order valence-corrected chi connectivity index (χ2v) is 9.92. The summed E-state index contributed by atoms with van der Waals surface area (Å²) >= 11 is 7.27. The number of rotatable bonds is 4. The number of hydrogen-bond donors (Lipinski definition) is 1. The average molecular weight is 446 g/mol. The number of aromatic hydroxyl groups is 1. The largest absolute Gasteiger partial charge is 0.492 e. The maximum atomic E-state index is 13.7. The Labute approximate surface area is 169 Å². The molecule has 28 heavy (non-hydrogen) atoms. The van der Waals surface area contributed by atoms with E-state index >= 15 is 0 Å². The number of piperazine rings is 1. The number of halogens is 2. The predicted molar refractivity (Wildman–Crippen MR) is 104 cm³/mol. The first-order chi connectivity index (χ1) is 13.3. The van der Waals surface area contributed by atoms with Gasteiger partial charge in [-0.15, -0.1) is 0 Å². The fourth-order valence-electron chi connectivity index (χ4n) is 3.38. The van der Waals surface area contributed by atoms with Gasteiger partial charge in [0.1, 0.15) is 12.1 Å². The minimum Gasteiger partial charge on any atom is -0.492 e. The van der Waals surface area contributed by atoms with E-state index in [4.69, 9.17) is 11.6 Å². The second-order valence-electron chi connectivity index (χ2n) is 6.52. The Morgan fingerprint density at radius 3 is 2.61 bits per heavy atom. The van der Waals surface area contributed by atoms with Crippen LogP contribution in [-0.2, 0) is 10.0 Å². The molecule has 150 valence electrons. The molecule has 0 unspecified atom stereocenters. The van der Waals surface area contributed by atoms with Crippen molar-refractivity contribution in [1.82, 2.24) is 23.8 Å². The Kier molecular flexibility index (Phi) is 5.04. The normalized spacial score (nSPS) is 18.0. The van der Waals surface area contributed by atoms with E-state index in [1.165, 1.54) is 44.9 Å². The van der Waals surface area contributed by atoms with E-state index in [2.05, 4.69) is 10.1 Å². The van der Waals surface area contributed by atoms with E-state index in [-0.39, 0.29) is 10.9 Å². The molecule has 1 atom stereocenters. The van der Waals surface area contributed by atoms with E-state index in [0.717, 1.165) is 0 Å². The fraction of sp³-hybridized carbons (Fsp3) is 0.375. The number of nitrogens with zero attached hydrogens (tertiary/aromatic N) is 5. The average Bonchev–Trinajstić information content (AvgIpc) is 3.22. The molecule has 4 rings (SSSR count). The third-order valence-electron chi connectivity index (χ3n) is 4.75. The first kappa shape index (κ1) is 19.5. The van der Waals surface area contributed by atoms with Gasteiger partial charge in [0.05, 0.1) is 22.2 Å². The molecule has 1 fully saturated rings. The van der Waals surface area contributed by atoms with Gasteiger partial charge in [0.25, 0.3) is 0 Å². The zero-order chi connectivity index (χ0) is 20.1. The molecule has 1 aliphatic heterocycles. The Hall–Kier alpha value is -1.79. The molecular weight excluding hydrogens is 429 g/mol. The van der Waals surface area contributed by atoms with Crippen molar-refractivity contribution in [2.75, 3.05) is 32.4 Å². The maximum Gasteiger partial charge on any atom is 0.230 e. The van der Waals surface area contributed by atoms with Gasteiger partial charge >= 0.3 is 0 Å². The molecule has 1 aromatic carbocycles. The van der Waals surface area contributed by atoms with Gasteiger partial charge < -0.3 is 5.11 Å². The highest BCUT2D eigenvalue weighted by Gasteiger charge is 2.33. The molecule has 8 nitrogen and oxygen atoms in total. The number of hydrogen-bond acceptors (Lipinski definition) is 7. The smallest absolute Gasteiger partial charge is 0.230 e. The third kappa shape index (κ3) is 3.48. The Bertz CT molecular complexity index is 1120. The summed E-state index contributed by atoms with van der Waals surface area (Å²) in [5, 5.41) is 14.7. The summed E-state index contributed by atoms with van der Waals surface area (Å²) in [4.78, 5) is 7.27. The van der Waals surface area contributed by atoms with Crippen LogP contribution in [0.3, 0.4) is 0 Å². The van der Waals surface area contributed by atoms with Crippen LogP contribution < -0.4 is 0 Å². The zero-order valence-corrected chi connectivity index (χ0v) is 17.2. The van der Waals surface area contributed by atoms with Gasteiger partial charge in [-0.1, -0.05) is 29.0 Å². The number of benzene rings is 1. The number of fused-ring (bicyclic) bond motifs is 1. The topological polar surface area (TPSA) is 91.0 Å². The standard InChI is InChI=1S/C16H17ClFN5O3S2/c1-28(25,26)22-6-4-21(5-7-22)13(10-2-3-12(18)11(17)8-10)14-15(24)23-16(27-14)19-9-20-23/h2-3,8-9,13,24H,4-7H2,1H3/t13-/m0/s1. The molecule has 12 heteroatoms. The minimum absolute atomic E-state index is 0.0174. The van der Waals surface area contributed by atoms with E-state index < -0.39 is 21.9 Å². The minimum atomic E-state index is -3.27. The van der Waals surface area contributed by atoms with Gasteiger partial charge in [-0.2, -0.15) is 13.9 Å². The van der Waals surface area contributed by atoms with Gasteiger partial charge in [-0.25, -0.2) is 17.8 Å². The summed E-state index contributed by atoms with van der Waals surface area (Å²) in [5.41, 5.74) is 0.694. The van der Waals surface area contributed by atoms with Crippen molar-refractivity contribution < 1.29 is 17.9 Å². The lowest BCUT2D eigenvalue weighted by atomic mass is 10.0. The van der Waals surface area contributed by atoms with Crippen LogP contribution in [0.1, 0.15) is 16.5 Å². The van der Waals surface area contributed by atoms with Gasteiger partial charge in [0.2, 0.25) is 20.9 Å². The lowest BCUT2D eigenvalue weighted by Gasteiger charge is -2.38. The summed E-state index contributed by atoms with van der Waals surface area (Å²) in [6.45, 7) is 1.54. The van der Waals surface area contributed by atoms with Crippen molar-refractivity contribution in [1.29, 1.82) is 0 Å². The Morgan fingerprint density at radius 2 is 2.00 bits per heavy atom. The van der Waals surface area contributed by atoms with Crippen molar-refractivity contribution >= 4 is 37.9 Å². The van der Waals surface area contributed by atoms with Crippen molar-refractivity contribution in [3.8, 4) is 5.88 Å². The maximum absolute atomic E-state index is 13.7. The summed E-state index contributed by atoms with van der Waals surface area (Å²) in [5.74, 6) is -0.577. The van der Waals surface area contributed by atoms with E-state index in [1.807, 2.05) is 4.90 Å². The van der Waals surface area contributed by atoms with Gasteiger partial charge in [0, 0.05) is 26.2 Å². The lowest BCUT2D eigenvalue weighted by Crippen LogP contribution is -2.49. The first-order valence-electron chi connectivity index (χ1n) is 8.41. The molecule has 3 heterocycles. The molecule has 1 saturated heterocycles. The summed E-state index contributed by atoms with van der Waals surface area (Å²) in [7, 11) is -3.27. The second kappa shape index (κ2) is 7.23. The van der Waals surface area contributed by atoms with Crippen molar-refractivity contribution in [2.45, 2.75) is 6.04 Å². The monoisotopic (exact) mass is 445 g/mol.